The van der Waals surface area contributed by atoms with Gasteiger partial charge in [0.25, 0.3) is 0 Å². The summed E-state index contributed by atoms with van der Waals surface area (Å²) in [5, 5.41) is 0.318. The number of fused-ring (bicyclic) bond motifs is 1. The Bertz CT molecular complexity index is 1240. The summed E-state index contributed by atoms with van der Waals surface area (Å²) in [6.07, 6.45) is 1.38. The fraction of sp³-hybridized carbons (Fsp3) is 0.0833. The lowest BCUT2D eigenvalue weighted by atomic mass is 10.1. The van der Waals surface area contributed by atoms with Crippen molar-refractivity contribution in [2.75, 3.05) is 7.11 Å². The zero-order valence-electron chi connectivity index (χ0n) is 16.2. The Hall–Kier alpha value is -4.06. The zero-order valence-corrected chi connectivity index (χ0v) is 16.2. The Kier molecular flexibility index (Phi) is 5.48. The molecular weight excluding hydrogens is 384 g/mol. The molecule has 0 bridgehead atoms. The Labute approximate surface area is 172 Å². The molecule has 6 nitrogen and oxygen atoms in total. The van der Waals surface area contributed by atoms with Crippen LogP contribution in [0, 0.1) is 0 Å². The van der Waals surface area contributed by atoms with Crippen molar-refractivity contribution >= 4 is 16.9 Å². The van der Waals surface area contributed by atoms with E-state index < -0.39 is 5.97 Å². The summed E-state index contributed by atoms with van der Waals surface area (Å²) >= 11 is 0. The molecule has 1 aromatic heterocycles. The lowest BCUT2D eigenvalue weighted by Gasteiger charge is -2.08. The molecule has 1 heterocycles. The minimum Gasteiger partial charge on any atom is -0.497 e. The maximum atomic E-state index is 12.7. The lowest BCUT2D eigenvalue weighted by Crippen LogP contribution is -2.11. The third-order valence-corrected chi connectivity index (χ3v) is 4.41. The third-order valence-electron chi connectivity index (χ3n) is 4.41. The van der Waals surface area contributed by atoms with Crippen LogP contribution in [0.25, 0.3) is 11.0 Å². The smallest absolute Gasteiger partial charge is 0.315 e. The molecule has 0 unspecified atom stereocenters. The molecule has 0 fully saturated rings. The zero-order chi connectivity index (χ0) is 20.9. The molecular formula is C24H18O6. The number of esters is 1. The molecule has 0 amide bonds. The number of methoxy groups -OCH3 is 1. The first-order valence-corrected chi connectivity index (χ1v) is 9.24. The first-order chi connectivity index (χ1) is 14.6. The SMILES string of the molecule is COc1cccc(Oc2coc3cc(OC(=O)Cc4ccccc4)ccc3c2=O)c1. The molecule has 0 radical (unpaired) electrons. The highest BCUT2D eigenvalue weighted by Crippen LogP contribution is 2.26. The quantitative estimate of drug-likeness (QED) is 0.342. The summed E-state index contributed by atoms with van der Waals surface area (Å²) in [4.78, 5) is 24.9. The third kappa shape index (κ3) is 4.33. The highest BCUT2D eigenvalue weighted by atomic mass is 16.5. The van der Waals surface area contributed by atoms with E-state index in [4.69, 9.17) is 18.6 Å². The summed E-state index contributed by atoms with van der Waals surface area (Å²) in [5.74, 6) is 1.01. The van der Waals surface area contributed by atoms with E-state index in [1.54, 1.807) is 43.5 Å². The number of rotatable bonds is 6. The van der Waals surface area contributed by atoms with Crippen LogP contribution in [0.4, 0.5) is 0 Å². The molecule has 0 N–H and O–H groups in total. The summed E-state index contributed by atoms with van der Waals surface area (Å²) in [5.41, 5.74) is 0.818. The first kappa shape index (κ1) is 19.3. The van der Waals surface area contributed by atoms with Gasteiger partial charge < -0.3 is 18.6 Å². The van der Waals surface area contributed by atoms with Gasteiger partial charge in [0.2, 0.25) is 11.2 Å². The number of carbonyl (C=O) groups is 1. The molecule has 0 saturated carbocycles. The Morgan fingerprint density at radius 2 is 1.70 bits per heavy atom. The molecule has 0 atom stereocenters. The van der Waals surface area contributed by atoms with Gasteiger partial charge in [-0.05, 0) is 29.8 Å². The van der Waals surface area contributed by atoms with Crippen molar-refractivity contribution in [3.63, 3.8) is 0 Å². The van der Waals surface area contributed by atoms with Crippen molar-refractivity contribution in [2.45, 2.75) is 6.42 Å². The maximum Gasteiger partial charge on any atom is 0.315 e. The van der Waals surface area contributed by atoms with Crippen LogP contribution in [0.1, 0.15) is 5.56 Å². The van der Waals surface area contributed by atoms with E-state index in [0.717, 1.165) is 5.56 Å². The van der Waals surface area contributed by atoms with E-state index in [1.807, 2.05) is 30.3 Å². The number of hydrogen-bond donors (Lipinski definition) is 0. The maximum absolute atomic E-state index is 12.7. The fourth-order valence-electron chi connectivity index (χ4n) is 2.95. The number of benzene rings is 3. The monoisotopic (exact) mass is 402 g/mol. The van der Waals surface area contributed by atoms with Crippen molar-refractivity contribution in [2.24, 2.45) is 0 Å². The molecule has 0 aliphatic carbocycles. The molecule has 30 heavy (non-hydrogen) atoms. The van der Waals surface area contributed by atoms with Gasteiger partial charge in [-0.3, -0.25) is 9.59 Å². The molecule has 150 valence electrons. The Morgan fingerprint density at radius 1 is 0.900 bits per heavy atom. The van der Waals surface area contributed by atoms with Crippen LogP contribution in [0.3, 0.4) is 0 Å². The van der Waals surface area contributed by atoms with Gasteiger partial charge in [-0.1, -0.05) is 36.4 Å². The van der Waals surface area contributed by atoms with Crippen LogP contribution in [0.15, 0.2) is 88.3 Å². The summed E-state index contributed by atoms with van der Waals surface area (Å²) < 4.78 is 21.7. The standard InChI is InChI=1S/C24H18O6/c1-27-17-8-5-9-18(13-17)29-22-15-28-21-14-19(10-11-20(21)24(22)26)30-23(25)12-16-6-3-2-4-7-16/h2-11,13-15H,12H2,1H3. The summed E-state index contributed by atoms with van der Waals surface area (Å²) in [7, 11) is 1.55. The van der Waals surface area contributed by atoms with E-state index >= 15 is 0 Å². The molecule has 6 heteroatoms. The van der Waals surface area contributed by atoms with Crippen LogP contribution in [-0.4, -0.2) is 13.1 Å². The van der Waals surface area contributed by atoms with E-state index in [9.17, 15) is 9.59 Å². The van der Waals surface area contributed by atoms with Gasteiger partial charge in [-0.25, -0.2) is 0 Å². The van der Waals surface area contributed by atoms with Gasteiger partial charge >= 0.3 is 5.97 Å². The highest BCUT2D eigenvalue weighted by Gasteiger charge is 2.12. The number of hydrogen-bond acceptors (Lipinski definition) is 6. The van der Waals surface area contributed by atoms with Crippen molar-refractivity contribution in [1.82, 2.24) is 0 Å². The second-order valence-electron chi connectivity index (χ2n) is 6.50. The number of carbonyl (C=O) groups excluding carboxylic acids is 1. The van der Waals surface area contributed by atoms with Crippen LogP contribution in [-0.2, 0) is 11.2 Å². The van der Waals surface area contributed by atoms with Crippen LogP contribution in [0.2, 0.25) is 0 Å². The Balaban J connectivity index is 1.53. The molecule has 0 saturated heterocycles. The van der Waals surface area contributed by atoms with E-state index in [1.165, 1.54) is 12.3 Å². The number of ether oxygens (including phenoxy) is 3. The molecule has 4 rings (SSSR count). The molecule has 4 aromatic rings. The van der Waals surface area contributed by atoms with Crippen LogP contribution < -0.4 is 19.6 Å². The van der Waals surface area contributed by atoms with Gasteiger partial charge in [0, 0.05) is 12.1 Å². The molecule has 0 spiro atoms. The van der Waals surface area contributed by atoms with Crippen molar-refractivity contribution < 1.29 is 23.4 Å². The first-order valence-electron chi connectivity index (χ1n) is 9.24. The average Bonchev–Trinajstić information content (AvgIpc) is 2.76. The summed E-state index contributed by atoms with van der Waals surface area (Å²) in [6, 6.07) is 20.8. The molecule has 0 aliphatic rings. The normalized spacial score (nSPS) is 10.6. The average molecular weight is 402 g/mol. The molecule has 0 aliphatic heterocycles. The second-order valence-corrected chi connectivity index (χ2v) is 6.50. The van der Waals surface area contributed by atoms with E-state index in [-0.39, 0.29) is 17.6 Å². The van der Waals surface area contributed by atoms with E-state index in [2.05, 4.69) is 0 Å². The van der Waals surface area contributed by atoms with Crippen LogP contribution >= 0.6 is 0 Å². The summed E-state index contributed by atoms with van der Waals surface area (Å²) in [6.45, 7) is 0. The van der Waals surface area contributed by atoms with Crippen molar-refractivity contribution in [3.8, 4) is 23.0 Å². The lowest BCUT2D eigenvalue weighted by molar-refractivity contribution is -0.133. The predicted octanol–water partition coefficient (Wildman–Crippen LogP) is 4.74. The minimum atomic E-state index is -0.402. The fourth-order valence-corrected chi connectivity index (χ4v) is 2.95. The van der Waals surface area contributed by atoms with E-state index in [0.29, 0.717) is 28.2 Å². The minimum absolute atomic E-state index is 0.0459. The van der Waals surface area contributed by atoms with Gasteiger partial charge in [0.1, 0.15) is 29.1 Å². The Morgan fingerprint density at radius 3 is 2.50 bits per heavy atom. The van der Waals surface area contributed by atoms with Gasteiger partial charge in [-0.2, -0.15) is 0 Å². The van der Waals surface area contributed by atoms with Crippen molar-refractivity contribution in [3.05, 3.63) is 94.8 Å². The molecule has 3 aromatic carbocycles. The van der Waals surface area contributed by atoms with Crippen LogP contribution in [0.5, 0.6) is 23.0 Å². The van der Waals surface area contributed by atoms with Gasteiger partial charge in [0.05, 0.1) is 18.9 Å². The van der Waals surface area contributed by atoms with Gasteiger partial charge in [-0.15, -0.1) is 0 Å². The second kappa shape index (κ2) is 8.53. The highest BCUT2D eigenvalue weighted by molar-refractivity contribution is 5.81. The predicted molar refractivity (Wildman–Crippen MR) is 111 cm³/mol. The largest absolute Gasteiger partial charge is 0.497 e. The van der Waals surface area contributed by atoms with Gasteiger partial charge in [0.15, 0.2) is 0 Å². The topological polar surface area (TPSA) is 75.0 Å². The van der Waals surface area contributed by atoms with Crippen molar-refractivity contribution in [1.29, 1.82) is 0 Å².